The van der Waals surface area contributed by atoms with E-state index in [1.807, 2.05) is 12.2 Å². The number of hydrogen-bond acceptors (Lipinski definition) is 9. The first-order valence-corrected chi connectivity index (χ1v) is 17.2. The summed E-state index contributed by atoms with van der Waals surface area (Å²) in [5, 5.41) is 0. The molecule has 6 rings (SSSR count). The van der Waals surface area contributed by atoms with Crippen molar-refractivity contribution in [3.8, 4) is 5.88 Å². The zero-order valence-corrected chi connectivity index (χ0v) is 26.4. The first kappa shape index (κ1) is 31.5. The number of benzene rings is 1. The molecule has 3 fully saturated rings. The lowest BCUT2D eigenvalue weighted by atomic mass is 9.91. The van der Waals surface area contributed by atoms with Gasteiger partial charge in [-0.1, -0.05) is 31.1 Å². The van der Waals surface area contributed by atoms with Gasteiger partial charge in [-0.2, -0.15) is 0 Å². The van der Waals surface area contributed by atoms with Crippen LogP contribution in [-0.2, 0) is 24.4 Å². The Bertz CT molecular complexity index is 1680. The van der Waals surface area contributed by atoms with Crippen molar-refractivity contribution in [1.29, 1.82) is 0 Å². The van der Waals surface area contributed by atoms with Crippen molar-refractivity contribution >= 4 is 38.7 Å². The number of nitrogens with one attached hydrogen (secondary N) is 1. The van der Waals surface area contributed by atoms with E-state index in [2.05, 4.69) is 14.7 Å². The minimum atomic E-state index is -3.91. The molecule has 3 N–H and O–H groups in total. The number of carbonyl (C=O) groups is 3. The van der Waals surface area contributed by atoms with E-state index in [4.69, 9.17) is 10.5 Å². The maximum atomic E-state index is 14.5. The summed E-state index contributed by atoms with van der Waals surface area (Å²) in [5.74, 6) is -2.15. The lowest BCUT2D eigenvalue weighted by Gasteiger charge is -2.27. The normalized spacial score (nSPS) is 30.9. The highest BCUT2D eigenvalue weighted by atomic mass is 32.2. The zero-order chi connectivity index (χ0) is 32.1. The summed E-state index contributed by atoms with van der Waals surface area (Å²) in [6.45, 7) is 3.34. The van der Waals surface area contributed by atoms with Gasteiger partial charge in [-0.25, -0.2) is 22.8 Å². The number of nitrogens with zero attached hydrogens (tertiary/aromatic N) is 3. The minimum Gasteiger partial charge on any atom is -0.471 e. The molecule has 1 aromatic heterocycles. The lowest BCUT2D eigenvalue weighted by Crippen LogP contribution is -2.50. The van der Waals surface area contributed by atoms with Crippen molar-refractivity contribution in [2.24, 2.45) is 17.1 Å². The van der Waals surface area contributed by atoms with E-state index in [0.717, 1.165) is 25.7 Å². The van der Waals surface area contributed by atoms with E-state index in [0.29, 0.717) is 36.9 Å². The number of rotatable bonds is 5. The number of nitrogens with two attached hydrogens (primary N) is 1. The molecular formula is C32H40FN5O6S. The van der Waals surface area contributed by atoms with Crippen LogP contribution in [0.25, 0.3) is 11.0 Å². The molecular weight excluding hydrogens is 601 g/mol. The quantitative estimate of drug-likeness (QED) is 0.467. The fourth-order valence-electron chi connectivity index (χ4n) is 6.57. The Hall–Kier alpha value is -3.45. The topological polar surface area (TPSA) is 162 Å². The van der Waals surface area contributed by atoms with Gasteiger partial charge in [-0.3, -0.25) is 19.1 Å². The number of carbonyl (C=O) groups excluding carboxylic acids is 3. The molecule has 2 aliphatic carbocycles. The highest BCUT2D eigenvalue weighted by molar-refractivity contribution is 7.91. The number of halogens is 1. The van der Waals surface area contributed by atoms with Crippen LogP contribution >= 0.6 is 0 Å². The number of para-hydroxylation sites is 1. The fourth-order valence-corrected chi connectivity index (χ4v) is 7.90. The van der Waals surface area contributed by atoms with Gasteiger partial charge in [-0.15, -0.1) is 0 Å². The maximum absolute atomic E-state index is 14.5. The van der Waals surface area contributed by atoms with Crippen molar-refractivity contribution in [3.05, 3.63) is 41.9 Å². The predicted octanol–water partition coefficient (Wildman–Crippen LogP) is 3.24. The van der Waals surface area contributed by atoms with Gasteiger partial charge in [-0.05, 0) is 70.4 Å². The summed E-state index contributed by atoms with van der Waals surface area (Å²) in [6, 6.07) is 2.73. The van der Waals surface area contributed by atoms with Crippen LogP contribution < -0.4 is 15.2 Å². The molecule has 2 amide bonds. The summed E-state index contributed by atoms with van der Waals surface area (Å²) in [7, 11) is -3.91. The Morgan fingerprint density at radius 3 is 2.71 bits per heavy atom. The number of ether oxygens (including phenoxy) is 1. The van der Waals surface area contributed by atoms with Gasteiger partial charge in [0.2, 0.25) is 27.7 Å². The van der Waals surface area contributed by atoms with Gasteiger partial charge in [0.1, 0.15) is 17.3 Å². The maximum Gasteiger partial charge on any atom is 0.240 e. The number of amides is 2. The van der Waals surface area contributed by atoms with Crippen molar-refractivity contribution in [3.63, 3.8) is 0 Å². The Labute approximate surface area is 262 Å². The fraction of sp³-hybridized carbons (Fsp3) is 0.594. The third-order valence-corrected chi connectivity index (χ3v) is 12.1. The number of hydrogen-bond donors (Lipinski definition) is 2. The van der Waals surface area contributed by atoms with E-state index in [1.165, 1.54) is 11.0 Å². The average molecular weight is 642 g/mol. The first-order chi connectivity index (χ1) is 21.3. The zero-order valence-electron chi connectivity index (χ0n) is 25.6. The number of aromatic nitrogens is 2. The standard InChI is InChI=1S/C32H40FN5O6S/c1-19-28(36-27-22(33)10-8-12-24(27)35-19)44-21-15-25-26(39)17-32(30(41)37-45(42,43)31(2)13-14-31)16-20(32)9-6-4-3-5-7-11-23(34)29(40)38(25)18-21/h6,8-10,12,20-21,23,25H,3-5,7,11,13-18,34H2,1-2H3,(H,37,41)/b9-6-/t20-,21-,23+,25?,32-/m1/s1. The van der Waals surface area contributed by atoms with Gasteiger partial charge >= 0.3 is 0 Å². The molecule has 242 valence electrons. The molecule has 2 saturated carbocycles. The Balaban J connectivity index is 1.27. The second-order valence-corrected chi connectivity index (χ2v) is 15.6. The average Bonchev–Trinajstić information content (AvgIpc) is 3.86. The van der Waals surface area contributed by atoms with Gasteiger partial charge in [0, 0.05) is 12.8 Å². The third-order valence-electron chi connectivity index (χ3n) is 9.95. The monoisotopic (exact) mass is 641 g/mol. The number of allylic oxidation sites excluding steroid dienone is 2. The highest BCUT2D eigenvalue weighted by Crippen LogP contribution is 2.57. The van der Waals surface area contributed by atoms with Gasteiger partial charge in [0.05, 0.1) is 34.3 Å². The van der Waals surface area contributed by atoms with Crippen molar-refractivity contribution in [1.82, 2.24) is 19.6 Å². The van der Waals surface area contributed by atoms with Gasteiger partial charge in [0.15, 0.2) is 11.6 Å². The van der Waals surface area contributed by atoms with E-state index < -0.39 is 50.1 Å². The minimum absolute atomic E-state index is 0.0502. The Kier molecular flexibility index (Phi) is 8.22. The lowest BCUT2D eigenvalue weighted by molar-refractivity contribution is -0.140. The second kappa shape index (κ2) is 11.7. The van der Waals surface area contributed by atoms with Crippen LogP contribution in [0.4, 0.5) is 4.39 Å². The molecule has 2 aliphatic heterocycles. The molecule has 45 heavy (non-hydrogen) atoms. The van der Waals surface area contributed by atoms with Crippen molar-refractivity contribution < 1.29 is 31.9 Å². The molecule has 1 saturated heterocycles. The van der Waals surface area contributed by atoms with Crippen LogP contribution in [0, 0.1) is 24.1 Å². The molecule has 0 spiro atoms. The molecule has 13 heteroatoms. The summed E-state index contributed by atoms with van der Waals surface area (Å²) in [4.78, 5) is 51.5. The summed E-state index contributed by atoms with van der Waals surface area (Å²) < 4.78 is 47.9. The van der Waals surface area contributed by atoms with E-state index >= 15 is 0 Å². The molecule has 1 aromatic carbocycles. The number of sulfonamides is 1. The summed E-state index contributed by atoms with van der Waals surface area (Å²) in [6.07, 6.45) is 8.15. The molecule has 0 radical (unpaired) electrons. The largest absolute Gasteiger partial charge is 0.471 e. The third kappa shape index (κ3) is 6.08. The van der Waals surface area contributed by atoms with Crippen molar-refractivity contribution in [2.75, 3.05) is 6.54 Å². The van der Waals surface area contributed by atoms with Crippen LogP contribution in [0.5, 0.6) is 5.88 Å². The Morgan fingerprint density at radius 2 is 1.96 bits per heavy atom. The number of Topliss-reactive ketones (excluding diaryl/α,β-unsaturated/α-hetero) is 1. The van der Waals surface area contributed by atoms with E-state index in [-0.39, 0.29) is 48.4 Å². The number of fused-ring (bicyclic) bond motifs is 3. The second-order valence-electron chi connectivity index (χ2n) is 13.4. The van der Waals surface area contributed by atoms with Crippen molar-refractivity contribution in [2.45, 2.75) is 101 Å². The SMILES string of the molecule is Cc1nc2cccc(F)c2nc1O[C@@H]1CC2C(=O)C[C@]3(C(=O)NS(=O)(=O)C4(C)CC4)C[C@H]3/C=C\CCCCC[C@H](N)C(=O)N2C1. The predicted molar refractivity (Wildman–Crippen MR) is 164 cm³/mol. The molecule has 11 nitrogen and oxygen atoms in total. The summed E-state index contributed by atoms with van der Waals surface area (Å²) in [5.41, 5.74) is 5.97. The molecule has 5 atom stereocenters. The smallest absolute Gasteiger partial charge is 0.240 e. The van der Waals surface area contributed by atoms with Gasteiger partial charge in [0.25, 0.3) is 0 Å². The molecule has 1 unspecified atom stereocenters. The number of ketones is 1. The van der Waals surface area contributed by atoms with Crippen LogP contribution in [0.1, 0.15) is 76.8 Å². The van der Waals surface area contributed by atoms with E-state index in [9.17, 15) is 27.2 Å². The molecule has 4 aliphatic rings. The first-order valence-electron chi connectivity index (χ1n) is 15.8. The number of aryl methyl sites for hydroxylation is 1. The molecule has 2 aromatic rings. The van der Waals surface area contributed by atoms with E-state index in [1.54, 1.807) is 26.0 Å². The highest BCUT2D eigenvalue weighted by Gasteiger charge is 2.62. The van der Waals surface area contributed by atoms with Crippen LogP contribution in [0.3, 0.4) is 0 Å². The summed E-state index contributed by atoms with van der Waals surface area (Å²) >= 11 is 0. The van der Waals surface area contributed by atoms with Crippen LogP contribution in [-0.4, -0.2) is 70.4 Å². The van der Waals surface area contributed by atoms with Crippen LogP contribution in [0.15, 0.2) is 30.4 Å². The molecule has 3 heterocycles. The van der Waals surface area contributed by atoms with Crippen LogP contribution in [0.2, 0.25) is 0 Å². The Morgan fingerprint density at radius 1 is 1.18 bits per heavy atom. The van der Waals surface area contributed by atoms with Gasteiger partial charge < -0.3 is 15.4 Å². The molecule has 0 bridgehead atoms.